The number of aldehydes is 1. The summed E-state index contributed by atoms with van der Waals surface area (Å²) in [7, 11) is 0. The Morgan fingerprint density at radius 2 is 2.08 bits per heavy atom. The second kappa shape index (κ2) is 4.88. The van der Waals surface area contributed by atoms with Crippen LogP contribution < -0.4 is 0 Å². The van der Waals surface area contributed by atoms with E-state index < -0.39 is 0 Å². The van der Waals surface area contributed by atoms with Gasteiger partial charge in [0.1, 0.15) is 0 Å². The summed E-state index contributed by atoms with van der Waals surface area (Å²) >= 11 is 0. The first-order chi connectivity index (χ1) is 5.24. The Morgan fingerprint density at radius 3 is 2.58 bits per heavy atom. The fourth-order valence-electron chi connectivity index (χ4n) is 0.857. The van der Waals surface area contributed by atoms with E-state index in [2.05, 4.69) is 18.8 Å². The third-order valence-corrected chi connectivity index (χ3v) is 1.58. The summed E-state index contributed by atoms with van der Waals surface area (Å²) in [5.41, 5.74) is 1.76. The summed E-state index contributed by atoms with van der Waals surface area (Å²) in [6.07, 6.45) is 4.18. The number of carbonyl (C=O) groups excluding carboxylic acids is 1. The Kier molecular flexibility index (Phi) is 4.52. The first-order valence-corrected chi connectivity index (χ1v) is 3.64. The predicted octanol–water partition coefficient (Wildman–Crippen LogP) is 2.44. The molecule has 0 bridgehead atoms. The monoisotopic (exact) mass is 185 g/mol. The molecule has 12 heavy (non-hydrogen) atoms. The maximum atomic E-state index is 10.3. The number of hydrogen-bond donors (Lipinski definition) is 0. The predicted molar refractivity (Wildman–Crippen MR) is 51.0 cm³/mol. The summed E-state index contributed by atoms with van der Waals surface area (Å²) in [4.78, 5) is 14.3. The summed E-state index contributed by atoms with van der Waals surface area (Å²) in [6, 6.07) is 1.87. The summed E-state index contributed by atoms with van der Waals surface area (Å²) in [6.45, 7) is 4.15. The van der Waals surface area contributed by atoms with Gasteiger partial charge in [0.25, 0.3) is 0 Å². The van der Waals surface area contributed by atoms with Crippen molar-refractivity contribution in [3.63, 3.8) is 0 Å². The van der Waals surface area contributed by atoms with Crippen molar-refractivity contribution in [2.75, 3.05) is 0 Å². The quantitative estimate of drug-likeness (QED) is 0.663. The Labute approximate surface area is 78.4 Å². The van der Waals surface area contributed by atoms with Crippen LogP contribution >= 0.6 is 12.4 Å². The fraction of sp³-hybridized carbons (Fsp3) is 0.333. The van der Waals surface area contributed by atoms with Crippen LogP contribution in [0.25, 0.3) is 0 Å². The largest absolute Gasteiger partial charge is 0.298 e. The van der Waals surface area contributed by atoms with Crippen molar-refractivity contribution in [3.8, 4) is 0 Å². The van der Waals surface area contributed by atoms with Gasteiger partial charge in [-0.3, -0.25) is 9.78 Å². The molecule has 0 aliphatic carbocycles. The van der Waals surface area contributed by atoms with Gasteiger partial charge < -0.3 is 0 Å². The van der Waals surface area contributed by atoms with E-state index in [1.807, 2.05) is 6.07 Å². The molecule has 66 valence electrons. The molecule has 3 heteroatoms. The van der Waals surface area contributed by atoms with Gasteiger partial charge in [-0.05, 0) is 17.5 Å². The average molecular weight is 186 g/mol. The Hall–Kier alpha value is -0.890. The molecule has 0 unspecified atom stereocenters. The van der Waals surface area contributed by atoms with E-state index in [-0.39, 0.29) is 12.4 Å². The molecule has 0 aromatic carbocycles. The minimum Gasteiger partial charge on any atom is -0.298 e. The highest BCUT2D eigenvalue weighted by Gasteiger charge is 1.99. The van der Waals surface area contributed by atoms with Crippen LogP contribution in [0.4, 0.5) is 0 Å². The van der Waals surface area contributed by atoms with Crippen LogP contribution in [0, 0.1) is 0 Å². The Bertz CT molecular complexity index is 260. The molecule has 0 atom stereocenters. The van der Waals surface area contributed by atoms with Gasteiger partial charge in [-0.25, -0.2) is 0 Å². The van der Waals surface area contributed by atoms with E-state index in [1.165, 1.54) is 0 Å². The van der Waals surface area contributed by atoms with Gasteiger partial charge in [0.05, 0.1) is 0 Å². The molecular formula is C9H12ClNO. The van der Waals surface area contributed by atoms with Crippen molar-refractivity contribution in [2.24, 2.45) is 0 Å². The molecule has 0 spiro atoms. The third-order valence-electron chi connectivity index (χ3n) is 1.58. The highest BCUT2D eigenvalue weighted by Crippen LogP contribution is 2.12. The molecular weight excluding hydrogens is 174 g/mol. The Balaban J connectivity index is 0.00000121. The maximum Gasteiger partial charge on any atom is 0.151 e. The SMILES string of the molecule is CC(C)c1cncc(C=O)c1.Cl. The molecule has 2 nitrogen and oxygen atoms in total. The molecule has 0 radical (unpaired) electrons. The van der Waals surface area contributed by atoms with Crippen molar-refractivity contribution in [1.82, 2.24) is 4.98 Å². The smallest absolute Gasteiger partial charge is 0.151 e. The zero-order chi connectivity index (χ0) is 8.27. The second-order valence-corrected chi connectivity index (χ2v) is 2.82. The zero-order valence-corrected chi connectivity index (χ0v) is 7.97. The van der Waals surface area contributed by atoms with Crippen LogP contribution in [0.2, 0.25) is 0 Å². The van der Waals surface area contributed by atoms with Crippen molar-refractivity contribution in [1.29, 1.82) is 0 Å². The standard InChI is InChI=1S/C9H11NO.ClH/c1-7(2)9-3-8(6-11)4-10-5-9;/h3-7H,1-2H3;1H. The van der Waals surface area contributed by atoms with Gasteiger partial charge in [0.2, 0.25) is 0 Å². The average Bonchev–Trinajstić information content (AvgIpc) is 2.05. The number of hydrogen-bond acceptors (Lipinski definition) is 2. The number of nitrogens with zero attached hydrogens (tertiary/aromatic N) is 1. The van der Waals surface area contributed by atoms with Gasteiger partial charge in [-0.15, -0.1) is 12.4 Å². The van der Waals surface area contributed by atoms with E-state index in [4.69, 9.17) is 0 Å². The van der Waals surface area contributed by atoms with Crippen LogP contribution in [-0.4, -0.2) is 11.3 Å². The highest BCUT2D eigenvalue weighted by molar-refractivity contribution is 5.85. The lowest BCUT2D eigenvalue weighted by Crippen LogP contribution is -1.91. The molecule has 0 aliphatic rings. The van der Waals surface area contributed by atoms with Crippen molar-refractivity contribution >= 4 is 18.7 Å². The summed E-state index contributed by atoms with van der Waals surface area (Å²) < 4.78 is 0. The molecule has 1 aromatic rings. The molecule has 0 aliphatic heterocycles. The molecule has 0 fully saturated rings. The fourth-order valence-corrected chi connectivity index (χ4v) is 0.857. The maximum absolute atomic E-state index is 10.3. The number of pyridine rings is 1. The van der Waals surface area contributed by atoms with Crippen LogP contribution in [0.1, 0.15) is 35.7 Å². The molecule has 1 heterocycles. The lowest BCUT2D eigenvalue weighted by Gasteiger charge is -2.03. The molecule has 0 saturated heterocycles. The highest BCUT2D eigenvalue weighted by atomic mass is 35.5. The lowest BCUT2D eigenvalue weighted by molar-refractivity contribution is 0.112. The van der Waals surface area contributed by atoms with Gasteiger partial charge >= 0.3 is 0 Å². The minimum atomic E-state index is 0. The van der Waals surface area contributed by atoms with Crippen molar-refractivity contribution in [3.05, 3.63) is 29.6 Å². The van der Waals surface area contributed by atoms with Crippen LogP contribution in [0.5, 0.6) is 0 Å². The van der Waals surface area contributed by atoms with Crippen LogP contribution in [-0.2, 0) is 0 Å². The van der Waals surface area contributed by atoms with Gasteiger partial charge in [0, 0.05) is 18.0 Å². The first kappa shape index (κ1) is 11.1. The summed E-state index contributed by atoms with van der Waals surface area (Å²) in [5, 5.41) is 0. The van der Waals surface area contributed by atoms with E-state index in [0.717, 1.165) is 11.8 Å². The number of carbonyl (C=O) groups is 1. The molecule has 1 rings (SSSR count). The molecule has 0 amide bonds. The first-order valence-electron chi connectivity index (χ1n) is 3.64. The number of aromatic nitrogens is 1. The van der Waals surface area contributed by atoms with E-state index in [9.17, 15) is 4.79 Å². The van der Waals surface area contributed by atoms with Crippen LogP contribution in [0.15, 0.2) is 18.5 Å². The Morgan fingerprint density at radius 1 is 1.42 bits per heavy atom. The van der Waals surface area contributed by atoms with Crippen molar-refractivity contribution < 1.29 is 4.79 Å². The summed E-state index contributed by atoms with van der Waals surface area (Å²) in [5.74, 6) is 0.433. The van der Waals surface area contributed by atoms with Crippen LogP contribution in [0.3, 0.4) is 0 Å². The minimum absolute atomic E-state index is 0. The molecule has 0 N–H and O–H groups in total. The zero-order valence-electron chi connectivity index (χ0n) is 7.15. The van der Waals surface area contributed by atoms with Gasteiger partial charge in [-0.2, -0.15) is 0 Å². The van der Waals surface area contributed by atoms with Gasteiger partial charge in [0.15, 0.2) is 6.29 Å². The normalized spacial score (nSPS) is 9.25. The van der Waals surface area contributed by atoms with E-state index in [0.29, 0.717) is 11.5 Å². The number of rotatable bonds is 2. The lowest BCUT2D eigenvalue weighted by atomic mass is 10.0. The van der Waals surface area contributed by atoms with Crippen molar-refractivity contribution in [2.45, 2.75) is 19.8 Å². The third kappa shape index (κ3) is 2.62. The topological polar surface area (TPSA) is 30.0 Å². The number of halogens is 1. The molecule has 0 saturated carbocycles. The second-order valence-electron chi connectivity index (χ2n) is 2.82. The van der Waals surface area contributed by atoms with E-state index in [1.54, 1.807) is 12.4 Å². The van der Waals surface area contributed by atoms with E-state index >= 15 is 0 Å². The molecule has 1 aromatic heterocycles. The van der Waals surface area contributed by atoms with Gasteiger partial charge in [-0.1, -0.05) is 13.8 Å².